The lowest BCUT2D eigenvalue weighted by atomic mass is 9.90. The van der Waals surface area contributed by atoms with Gasteiger partial charge in [0.05, 0.1) is 6.10 Å². The van der Waals surface area contributed by atoms with Gasteiger partial charge in [0.25, 0.3) is 0 Å². The summed E-state index contributed by atoms with van der Waals surface area (Å²) >= 11 is 0. The van der Waals surface area contributed by atoms with E-state index in [1.165, 1.54) is 0 Å². The topological polar surface area (TPSA) is 53.4 Å². The summed E-state index contributed by atoms with van der Waals surface area (Å²) in [5.41, 5.74) is 1.60. The summed E-state index contributed by atoms with van der Waals surface area (Å²) in [5.74, 6) is 0.135. The quantitative estimate of drug-likeness (QED) is 0.804. The molecule has 0 saturated carbocycles. The van der Waals surface area contributed by atoms with Crippen LogP contribution < -0.4 is 0 Å². The Morgan fingerprint density at radius 2 is 1.81 bits per heavy atom. The molecule has 0 fully saturated rings. The molecule has 0 bridgehead atoms. The third-order valence-electron chi connectivity index (χ3n) is 3.13. The Morgan fingerprint density at radius 1 is 1.19 bits per heavy atom. The third-order valence-corrected chi connectivity index (χ3v) is 3.13. The molecule has 1 aromatic rings. The standard InChI is InChI=1S/C13H21NO2/c1-4-10(5-2)12(15)13(16)11-7-6-9(3)14-8-11/h6-8,10,12-13,15-16H,4-5H2,1-3H3. The number of hydrogen-bond donors (Lipinski definition) is 2. The van der Waals surface area contributed by atoms with Crippen molar-refractivity contribution in [3.63, 3.8) is 0 Å². The van der Waals surface area contributed by atoms with Gasteiger partial charge in [0.2, 0.25) is 0 Å². The maximum absolute atomic E-state index is 10.0. The monoisotopic (exact) mass is 223 g/mol. The van der Waals surface area contributed by atoms with Gasteiger partial charge in [-0.15, -0.1) is 0 Å². The molecule has 0 aromatic carbocycles. The van der Waals surface area contributed by atoms with Gasteiger partial charge < -0.3 is 10.2 Å². The lowest BCUT2D eigenvalue weighted by Gasteiger charge is -2.25. The summed E-state index contributed by atoms with van der Waals surface area (Å²) < 4.78 is 0. The number of nitrogens with zero attached hydrogens (tertiary/aromatic N) is 1. The Hall–Kier alpha value is -0.930. The van der Waals surface area contributed by atoms with Crippen molar-refractivity contribution in [2.75, 3.05) is 0 Å². The Bertz CT molecular complexity index is 306. The van der Waals surface area contributed by atoms with Crippen molar-refractivity contribution in [3.8, 4) is 0 Å². The first-order valence-corrected chi connectivity index (χ1v) is 5.88. The minimum Gasteiger partial charge on any atom is -0.390 e. The highest BCUT2D eigenvalue weighted by molar-refractivity contribution is 5.16. The fourth-order valence-electron chi connectivity index (χ4n) is 1.88. The van der Waals surface area contributed by atoms with E-state index in [1.54, 1.807) is 6.20 Å². The van der Waals surface area contributed by atoms with Crippen LogP contribution in [-0.4, -0.2) is 21.3 Å². The highest BCUT2D eigenvalue weighted by Gasteiger charge is 2.25. The van der Waals surface area contributed by atoms with Gasteiger partial charge in [-0.05, 0) is 18.9 Å². The molecule has 1 aromatic heterocycles. The van der Waals surface area contributed by atoms with Crippen LogP contribution in [0.4, 0.5) is 0 Å². The maximum atomic E-state index is 10.0. The maximum Gasteiger partial charge on any atom is 0.107 e. The highest BCUT2D eigenvalue weighted by Crippen LogP contribution is 2.25. The highest BCUT2D eigenvalue weighted by atomic mass is 16.3. The van der Waals surface area contributed by atoms with Gasteiger partial charge in [0, 0.05) is 17.5 Å². The Kier molecular flexibility index (Phi) is 4.90. The van der Waals surface area contributed by atoms with Gasteiger partial charge >= 0.3 is 0 Å². The minimum absolute atomic E-state index is 0.135. The van der Waals surface area contributed by atoms with Crippen LogP contribution in [0.25, 0.3) is 0 Å². The van der Waals surface area contributed by atoms with Crippen molar-refractivity contribution in [1.82, 2.24) is 4.98 Å². The van der Waals surface area contributed by atoms with Crippen LogP contribution in [0.15, 0.2) is 18.3 Å². The van der Waals surface area contributed by atoms with E-state index < -0.39 is 12.2 Å². The first-order chi connectivity index (χ1) is 7.60. The predicted octanol–water partition coefficient (Wildman–Crippen LogP) is 2.22. The molecule has 90 valence electrons. The average Bonchev–Trinajstić information content (AvgIpc) is 2.30. The second-order valence-corrected chi connectivity index (χ2v) is 4.24. The molecule has 2 atom stereocenters. The molecule has 0 aliphatic heterocycles. The van der Waals surface area contributed by atoms with Crippen LogP contribution in [0.1, 0.15) is 44.1 Å². The smallest absolute Gasteiger partial charge is 0.107 e. The molecular weight excluding hydrogens is 202 g/mol. The van der Waals surface area contributed by atoms with Crippen LogP contribution in [0, 0.1) is 12.8 Å². The molecule has 16 heavy (non-hydrogen) atoms. The van der Waals surface area contributed by atoms with Gasteiger partial charge in [-0.2, -0.15) is 0 Å². The van der Waals surface area contributed by atoms with Crippen molar-refractivity contribution in [2.45, 2.75) is 45.8 Å². The summed E-state index contributed by atoms with van der Waals surface area (Å²) in [4.78, 5) is 4.12. The fourth-order valence-corrected chi connectivity index (χ4v) is 1.88. The zero-order chi connectivity index (χ0) is 12.1. The molecule has 1 heterocycles. The molecule has 0 radical (unpaired) electrons. The van der Waals surface area contributed by atoms with Crippen LogP contribution >= 0.6 is 0 Å². The molecule has 0 spiro atoms. The molecule has 2 N–H and O–H groups in total. The van der Waals surface area contributed by atoms with Gasteiger partial charge in [0.15, 0.2) is 0 Å². The largest absolute Gasteiger partial charge is 0.390 e. The van der Waals surface area contributed by atoms with E-state index in [2.05, 4.69) is 4.98 Å². The summed E-state index contributed by atoms with van der Waals surface area (Å²) in [7, 11) is 0. The first kappa shape index (κ1) is 13.1. The molecule has 0 saturated heterocycles. The van der Waals surface area contributed by atoms with Crippen LogP contribution in [0.5, 0.6) is 0 Å². The van der Waals surface area contributed by atoms with Crippen LogP contribution in [-0.2, 0) is 0 Å². The van der Waals surface area contributed by atoms with Crippen LogP contribution in [0.3, 0.4) is 0 Å². The van der Waals surface area contributed by atoms with Crippen molar-refractivity contribution in [1.29, 1.82) is 0 Å². The summed E-state index contributed by atoms with van der Waals surface area (Å²) in [6.07, 6.45) is 1.82. The number of hydrogen-bond acceptors (Lipinski definition) is 3. The minimum atomic E-state index is -0.835. The number of aliphatic hydroxyl groups excluding tert-OH is 2. The van der Waals surface area contributed by atoms with Crippen molar-refractivity contribution >= 4 is 0 Å². The molecule has 3 nitrogen and oxygen atoms in total. The lowest BCUT2D eigenvalue weighted by Crippen LogP contribution is -2.27. The second kappa shape index (κ2) is 5.97. The number of aryl methyl sites for hydroxylation is 1. The van der Waals surface area contributed by atoms with Gasteiger partial charge in [-0.3, -0.25) is 4.98 Å². The fraction of sp³-hybridized carbons (Fsp3) is 0.615. The van der Waals surface area contributed by atoms with E-state index >= 15 is 0 Å². The number of rotatable bonds is 5. The van der Waals surface area contributed by atoms with Crippen molar-refractivity contribution in [3.05, 3.63) is 29.6 Å². The molecule has 0 amide bonds. The molecule has 0 aliphatic rings. The van der Waals surface area contributed by atoms with E-state index in [-0.39, 0.29) is 5.92 Å². The second-order valence-electron chi connectivity index (χ2n) is 4.24. The number of pyridine rings is 1. The molecule has 3 heteroatoms. The normalized spacial score (nSPS) is 15.1. The average molecular weight is 223 g/mol. The molecule has 0 aliphatic carbocycles. The van der Waals surface area contributed by atoms with Gasteiger partial charge in [0.1, 0.15) is 6.10 Å². The Morgan fingerprint density at radius 3 is 2.25 bits per heavy atom. The van der Waals surface area contributed by atoms with E-state index in [0.29, 0.717) is 5.56 Å². The van der Waals surface area contributed by atoms with E-state index in [9.17, 15) is 10.2 Å². The summed E-state index contributed by atoms with van der Waals surface area (Å²) in [6, 6.07) is 3.66. The summed E-state index contributed by atoms with van der Waals surface area (Å²) in [6.45, 7) is 5.95. The number of aliphatic hydroxyl groups is 2. The van der Waals surface area contributed by atoms with Crippen molar-refractivity contribution in [2.24, 2.45) is 5.92 Å². The third kappa shape index (κ3) is 3.03. The lowest BCUT2D eigenvalue weighted by molar-refractivity contribution is -0.0211. The Labute approximate surface area is 97.2 Å². The molecule has 1 rings (SSSR count). The first-order valence-electron chi connectivity index (χ1n) is 5.88. The zero-order valence-electron chi connectivity index (χ0n) is 10.2. The van der Waals surface area contributed by atoms with E-state index in [1.807, 2.05) is 32.9 Å². The van der Waals surface area contributed by atoms with E-state index in [0.717, 1.165) is 18.5 Å². The van der Waals surface area contributed by atoms with E-state index in [4.69, 9.17) is 0 Å². The predicted molar refractivity (Wildman–Crippen MR) is 64.0 cm³/mol. The van der Waals surface area contributed by atoms with Crippen LogP contribution in [0.2, 0.25) is 0 Å². The van der Waals surface area contributed by atoms with Crippen molar-refractivity contribution < 1.29 is 10.2 Å². The SMILES string of the molecule is CCC(CC)C(O)C(O)c1ccc(C)nc1. The number of aromatic nitrogens is 1. The molecular formula is C13H21NO2. The summed E-state index contributed by atoms with van der Waals surface area (Å²) in [5, 5.41) is 20.0. The van der Waals surface area contributed by atoms with Gasteiger partial charge in [-0.1, -0.05) is 32.8 Å². The van der Waals surface area contributed by atoms with Gasteiger partial charge in [-0.25, -0.2) is 0 Å². The zero-order valence-corrected chi connectivity index (χ0v) is 10.2. The Balaban J connectivity index is 2.76. The molecule has 2 unspecified atom stereocenters.